The van der Waals surface area contributed by atoms with E-state index in [1.807, 2.05) is 12.1 Å². The average Bonchev–Trinajstić information content (AvgIpc) is 2.86. The van der Waals surface area contributed by atoms with Crippen molar-refractivity contribution >= 4 is 0 Å². The van der Waals surface area contributed by atoms with Crippen LogP contribution < -0.4 is 20.5 Å². The molecule has 1 saturated heterocycles. The second-order valence-corrected chi connectivity index (χ2v) is 4.73. The van der Waals surface area contributed by atoms with Gasteiger partial charge >= 0.3 is 0 Å². The van der Waals surface area contributed by atoms with Crippen molar-refractivity contribution in [3.63, 3.8) is 0 Å². The Bertz CT molecular complexity index is 402. The number of hydrogen-bond acceptors (Lipinski definition) is 4. The predicted octanol–water partition coefficient (Wildman–Crippen LogP) is 1.41. The fourth-order valence-corrected chi connectivity index (χ4v) is 2.60. The van der Waals surface area contributed by atoms with Gasteiger partial charge in [0.05, 0.1) is 0 Å². The highest BCUT2D eigenvalue weighted by molar-refractivity contribution is 5.45. The zero-order valence-corrected chi connectivity index (χ0v) is 9.82. The Morgan fingerprint density at radius 1 is 1.18 bits per heavy atom. The third-order valence-corrected chi connectivity index (χ3v) is 3.67. The van der Waals surface area contributed by atoms with Gasteiger partial charge in [0, 0.05) is 6.04 Å². The summed E-state index contributed by atoms with van der Waals surface area (Å²) >= 11 is 0. The van der Waals surface area contributed by atoms with Gasteiger partial charge in [-0.2, -0.15) is 0 Å². The normalized spacial score (nSPS) is 21.5. The molecular formula is C13H18N2O2. The maximum absolute atomic E-state index is 6.34. The van der Waals surface area contributed by atoms with Crippen molar-refractivity contribution in [2.75, 3.05) is 19.9 Å². The molecule has 1 aromatic carbocycles. The van der Waals surface area contributed by atoms with Crippen LogP contribution in [0.3, 0.4) is 0 Å². The van der Waals surface area contributed by atoms with Crippen LogP contribution in [0.4, 0.5) is 0 Å². The van der Waals surface area contributed by atoms with Gasteiger partial charge in [0.25, 0.3) is 0 Å². The zero-order chi connectivity index (χ0) is 11.7. The van der Waals surface area contributed by atoms with Crippen LogP contribution in [0.25, 0.3) is 0 Å². The summed E-state index contributed by atoms with van der Waals surface area (Å²) < 4.78 is 10.7. The number of rotatable bonds is 2. The van der Waals surface area contributed by atoms with E-state index in [1.165, 1.54) is 0 Å². The molecule has 2 aliphatic heterocycles. The van der Waals surface area contributed by atoms with E-state index in [-0.39, 0.29) is 6.04 Å². The maximum Gasteiger partial charge on any atom is 0.231 e. The van der Waals surface area contributed by atoms with E-state index in [1.54, 1.807) is 0 Å². The summed E-state index contributed by atoms with van der Waals surface area (Å²) in [5, 5.41) is 3.36. The molecule has 2 heterocycles. The Morgan fingerprint density at radius 2 is 1.94 bits per heavy atom. The van der Waals surface area contributed by atoms with Crippen LogP contribution in [-0.2, 0) is 0 Å². The van der Waals surface area contributed by atoms with Crippen LogP contribution in [0.5, 0.6) is 11.5 Å². The second kappa shape index (κ2) is 4.55. The van der Waals surface area contributed by atoms with Crippen molar-refractivity contribution in [3.05, 3.63) is 23.8 Å². The molecular weight excluding hydrogens is 216 g/mol. The molecule has 0 amide bonds. The second-order valence-electron chi connectivity index (χ2n) is 4.73. The summed E-state index contributed by atoms with van der Waals surface area (Å²) in [5.41, 5.74) is 7.49. The molecule has 0 aromatic heterocycles. The lowest BCUT2D eigenvalue weighted by molar-refractivity contribution is 0.174. The summed E-state index contributed by atoms with van der Waals surface area (Å²) in [7, 11) is 0. The summed E-state index contributed by atoms with van der Waals surface area (Å²) in [6.07, 6.45) is 2.30. The van der Waals surface area contributed by atoms with Crippen molar-refractivity contribution in [1.82, 2.24) is 5.32 Å². The van der Waals surface area contributed by atoms with E-state index >= 15 is 0 Å². The number of nitrogens with two attached hydrogens (primary N) is 1. The molecule has 0 radical (unpaired) electrons. The highest BCUT2D eigenvalue weighted by Crippen LogP contribution is 2.36. The van der Waals surface area contributed by atoms with Gasteiger partial charge in [-0.1, -0.05) is 6.07 Å². The number of ether oxygens (including phenoxy) is 2. The highest BCUT2D eigenvalue weighted by atomic mass is 16.7. The Balaban J connectivity index is 1.78. The molecule has 2 aliphatic rings. The fraction of sp³-hybridized carbons (Fsp3) is 0.538. The van der Waals surface area contributed by atoms with Crippen molar-refractivity contribution in [3.8, 4) is 11.5 Å². The minimum atomic E-state index is 0.103. The van der Waals surface area contributed by atoms with Gasteiger partial charge in [-0.25, -0.2) is 0 Å². The quantitative estimate of drug-likeness (QED) is 0.812. The van der Waals surface area contributed by atoms with E-state index in [2.05, 4.69) is 11.4 Å². The minimum Gasteiger partial charge on any atom is -0.454 e. The molecule has 3 rings (SSSR count). The molecule has 1 atom stereocenters. The lowest BCUT2D eigenvalue weighted by Gasteiger charge is -2.28. The number of benzene rings is 1. The van der Waals surface area contributed by atoms with Crippen molar-refractivity contribution in [2.45, 2.75) is 18.9 Å². The summed E-state index contributed by atoms with van der Waals surface area (Å²) in [6.45, 7) is 2.47. The van der Waals surface area contributed by atoms with Gasteiger partial charge in [0.2, 0.25) is 6.79 Å². The summed E-state index contributed by atoms with van der Waals surface area (Å²) in [6, 6.07) is 6.14. The number of hydrogen-bond donors (Lipinski definition) is 2. The smallest absolute Gasteiger partial charge is 0.231 e. The van der Waals surface area contributed by atoms with Crippen LogP contribution >= 0.6 is 0 Å². The molecule has 0 bridgehead atoms. The molecule has 0 unspecified atom stereocenters. The van der Waals surface area contributed by atoms with Crippen LogP contribution in [0.2, 0.25) is 0 Å². The lowest BCUT2D eigenvalue weighted by atomic mass is 9.86. The largest absolute Gasteiger partial charge is 0.454 e. The van der Waals surface area contributed by atoms with E-state index in [9.17, 15) is 0 Å². The van der Waals surface area contributed by atoms with Crippen LogP contribution in [0.15, 0.2) is 18.2 Å². The van der Waals surface area contributed by atoms with E-state index in [0.717, 1.165) is 43.0 Å². The standard InChI is InChI=1S/C13H18N2O2/c14-13(9-3-5-15-6-4-9)10-1-2-11-12(7-10)17-8-16-11/h1-2,7,9,13,15H,3-6,8,14H2/t13-/m1/s1. The monoisotopic (exact) mass is 234 g/mol. The van der Waals surface area contributed by atoms with Gasteiger partial charge < -0.3 is 20.5 Å². The summed E-state index contributed by atoms with van der Waals surface area (Å²) in [4.78, 5) is 0. The topological polar surface area (TPSA) is 56.5 Å². The minimum absolute atomic E-state index is 0.103. The van der Waals surface area contributed by atoms with Gasteiger partial charge in [-0.05, 0) is 49.5 Å². The number of fused-ring (bicyclic) bond motifs is 1. The SMILES string of the molecule is N[C@@H](c1ccc2c(c1)OCO2)C1CCNCC1. The first kappa shape index (κ1) is 10.9. The lowest BCUT2D eigenvalue weighted by Crippen LogP contribution is -2.33. The van der Waals surface area contributed by atoms with Crippen molar-refractivity contribution in [2.24, 2.45) is 11.7 Å². The predicted molar refractivity (Wildman–Crippen MR) is 65.1 cm³/mol. The first-order chi connectivity index (χ1) is 8.34. The Morgan fingerprint density at radius 3 is 2.76 bits per heavy atom. The molecule has 4 nitrogen and oxygen atoms in total. The number of nitrogens with one attached hydrogen (secondary N) is 1. The molecule has 0 saturated carbocycles. The van der Waals surface area contributed by atoms with Crippen molar-refractivity contribution < 1.29 is 9.47 Å². The van der Waals surface area contributed by atoms with E-state index < -0.39 is 0 Å². The molecule has 4 heteroatoms. The highest BCUT2D eigenvalue weighted by Gasteiger charge is 2.23. The fourth-order valence-electron chi connectivity index (χ4n) is 2.60. The Kier molecular flexibility index (Phi) is 2.91. The van der Waals surface area contributed by atoms with Crippen LogP contribution in [0.1, 0.15) is 24.4 Å². The summed E-state index contributed by atoms with van der Waals surface area (Å²) in [5.74, 6) is 2.22. The zero-order valence-electron chi connectivity index (χ0n) is 9.82. The Labute approximate surface area is 101 Å². The molecule has 3 N–H and O–H groups in total. The van der Waals surface area contributed by atoms with E-state index in [4.69, 9.17) is 15.2 Å². The van der Waals surface area contributed by atoms with Gasteiger partial charge in [0.1, 0.15) is 0 Å². The Hall–Kier alpha value is -1.26. The molecule has 0 aliphatic carbocycles. The first-order valence-electron chi connectivity index (χ1n) is 6.20. The third kappa shape index (κ3) is 2.10. The van der Waals surface area contributed by atoms with Gasteiger partial charge in [-0.3, -0.25) is 0 Å². The molecule has 1 aromatic rings. The molecule has 1 fully saturated rings. The van der Waals surface area contributed by atoms with Crippen LogP contribution in [0, 0.1) is 5.92 Å². The molecule has 92 valence electrons. The average molecular weight is 234 g/mol. The maximum atomic E-state index is 6.34. The van der Waals surface area contributed by atoms with Crippen molar-refractivity contribution in [1.29, 1.82) is 0 Å². The first-order valence-corrected chi connectivity index (χ1v) is 6.20. The van der Waals surface area contributed by atoms with Gasteiger partial charge in [-0.15, -0.1) is 0 Å². The molecule has 17 heavy (non-hydrogen) atoms. The van der Waals surface area contributed by atoms with Gasteiger partial charge in [0.15, 0.2) is 11.5 Å². The number of piperidine rings is 1. The van der Waals surface area contributed by atoms with Crippen LogP contribution in [-0.4, -0.2) is 19.9 Å². The van der Waals surface area contributed by atoms with E-state index in [0.29, 0.717) is 12.7 Å². The third-order valence-electron chi connectivity index (χ3n) is 3.67. The molecule has 0 spiro atoms.